The number of aromatic amines is 1. The first-order valence-electron chi connectivity index (χ1n) is 4.97. The molecule has 0 unspecified atom stereocenters. The maximum atomic E-state index is 11.6. The molecule has 0 radical (unpaired) electrons. The summed E-state index contributed by atoms with van der Waals surface area (Å²) >= 11 is 1.41. The number of hydrogen-bond acceptors (Lipinski definition) is 4. The number of hydrogen-bond donors (Lipinski definition) is 1. The molecule has 0 aliphatic heterocycles. The molecule has 0 saturated carbocycles. The summed E-state index contributed by atoms with van der Waals surface area (Å²) in [4.78, 5) is 18.7. The first kappa shape index (κ1) is 12.1. The van der Waals surface area contributed by atoms with Crippen LogP contribution in [0.4, 0.5) is 0 Å². The molecule has 0 spiro atoms. The van der Waals surface area contributed by atoms with Crippen molar-refractivity contribution in [1.29, 1.82) is 0 Å². The van der Waals surface area contributed by atoms with Crippen LogP contribution in [0.5, 0.6) is 0 Å². The molecule has 0 fully saturated rings. The van der Waals surface area contributed by atoms with Crippen molar-refractivity contribution in [2.24, 2.45) is 5.92 Å². The van der Waals surface area contributed by atoms with E-state index in [2.05, 4.69) is 9.97 Å². The summed E-state index contributed by atoms with van der Waals surface area (Å²) in [5, 5.41) is 0.554. The molecule has 4 nitrogen and oxygen atoms in total. The van der Waals surface area contributed by atoms with Gasteiger partial charge in [0, 0.05) is 12.4 Å². The molecule has 84 valence electrons. The predicted molar refractivity (Wildman–Crippen MR) is 59.7 cm³/mol. The van der Waals surface area contributed by atoms with Crippen molar-refractivity contribution in [3.05, 3.63) is 12.4 Å². The Bertz CT molecular complexity index is 298. The third-order valence-electron chi connectivity index (χ3n) is 1.84. The lowest BCUT2D eigenvalue weighted by atomic mass is 10.1. The van der Waals surface area contributed by atoms with Gasteiger partial charge in [-0.3, -0.25) is 4.79 Å². The van der Waals surface area contributed by atoms with Gasteiger partial charge in [0.05, 0.1) is 6.61 Å². The quantitative estimate of drug-likeness (QED) is 0.619. The Balaban J connectivity index is 2.62. The van der Waals surface area contributed by atoms with Crippen LogP contribution < -0.4 is 0 Å². The largest absolute Gasteiger partial charge is 0.465 e. The van der Waals surface area contributed by atoms with E-state index in [0.29, 0.717) is 6.61 Å². The van der Waals surface area contributed by atoms with Gasteiger partial charge in [-0.05, 0) is 12.8 Å². The van der Waals surface area contributed by atoms with Crippen LogP contribution in [0.1, 0.15) is 20.8 Å². The molecule has 0 amide bonds. The second-order valence-electron chi connectivity index (χ2n) is 3.43. The highest BCUT2D eigenvalue weighted by Gasteiger charge is 2.25. The molecule has 1 rings (SSSR count). The summed E-state index contributed by atoms with van der Waals surface area (Å²) in [6, 6.07) is 0. The number of thioether (sulfide) groups is 1. The Kier molecular flexibility index (Phi) is 4.68. The van der Waals surface area contributed by atoms with Gasteiger partial charge in [-0.25, -0.2) is 4.98 Å². The van der Waals surface area contributed by atoms with Gasteiger partial charge in [-0.1, -0.05) is 25.6 Å². The third-order valence-corrected chi connectivity index (χ3v) is 3.27. The Morgan fingerprint density at radius 2 is 2.40 bits per heavy atom. The maximum absolute atomic E-state index is 11.6. The zero-order chi connectivity index (χ0) is 11.3. The molecule has 1 N–H and O–H groups in total. The Morgan fingerprint density at radius 3 is 2.87 bits per heavy atom. The predicted octanol–water partition coefficient (Wildman–Crippen LogP) is 2.09. The van der Waals surface area contributed by atoms with Crippen LogP contribution in [0.2, 0.25) is 0 Å². The SMILES string of the molecule is CCOC(=O)[C@@H](Sc1ncc[nH]1)C(C)C. The van der Waals surface area contributed by atoms with Crippen LogP contribution in [-0.4, -0.2) is 27.8 Å². The number of esters is 1. The fourth-order valence-corrected chi connectivity index (χ4v) is 2.05. The van der Waals surface area contributed by atoms with Gasteiger partial charge in [-0.2, -0.15) is 0 Å². The first-order valence-corrected chi connectivity index (χ1v) is 5.85. The van der Waals surface area contributed by atoms with Crippen molar-refractivity contribution in [3.8, 4) is 0 Å². The number of carbonyl (C=O) groups excluding carboxylic acids is 1. The lowest BCUT2D eigenvalue weighted by Crippen LogP contribution is -2.25. The molecule has 0 aliphatic carbocycles. The maximum Gasteiger partial charge on any atom is 0.319 e. The van der Waals surface area contributed by atoms with Gasteiger partial charge >= 0.3 is 5.97 Å². The second kappa shape index (κ2) is 5.80. The number of nitrogens with zero attached hydrogens (tertiary/aromatic N) is 1. The minimum absolute atomic E-state index is 0.172. The van der Waals surface area contributed by atoms with Crippen molar-refractivity contribution in [2.45, 2.75) is 31.2 Å². The molecule has 1 atom stereocenters. The van der Waals surface area contributed by atoms with Crippen molar-refractivity contribution in [3.63, 3.8) is 0 Å². The highest BCUT2D eigenvalue weighted by atomic mass is 32.2. The highest BCUT2D eigenvalue weighted by Crippen LogP contribution is 2.26. The average molecular weight is 228 g/mol. The number of ether oxygens (including phenoxy) is 1. The van der Waals surface area contributed by atoms with E-state index in [1.54, 1.807) is 12.4 Å². The molecule has 15 heavy (non-hydrogen) atoms. The van der Waals surface area contributed by atoms with E-state index < -0.39 is 0 Å². The van der Waals surface area contributed by atoms with E-state index in [0.717, 1.165) is 5.16 Å². The lowest BCUT2D eigenvalue weighted by Gasteiger charge is -2.16. The first-order chi connectivity index (χ1) is 7.15. The summed E-state index contributed by atoms with van der Waals surface area (Å²) in [6.07, 6.45) is 3.41. The summed E-state index contributed by atoms with van der Waals surface area (Å²) in [6.45, 7) is 6.22. The standard InChI is InChI=1S/C10H16N2O2S/c1-4-14-9(13)8(7(2)3)15-10-11-5-6-12-10/h5-8H,4H2,1-3H3,(H,11,12)/t8-/m0/s1. The van der Waals surface area contributed by atoms with Gasteiger partial charge < -0.3 is 9.72 Å². The van der Waals surface area contributed by atoms with Crippen LogP contribution >= 0.6 is 11.8 Å². The minimum atomic E-state index is -0.198. The monoisotopic (exact) mass is 228 g/mol. The second-order valence-corrected chi connectivity index (χ2v) is 4.56. The molecular weight excluding hydrogens is 212 g/mol. The highest BCUT2D eigenvalue weighted by molar-refractivity contribution is 8.00. The van der Waals surface area contributed by atoms with Gasteiger partial charge in [-0.15, -0.1) is 0 Å². The molecule has 1 aromatic heterocycles. The average Bonchev–Trinajstić information content (AvgIpc) is 2.66. The van der Waals surface area contributed by atoms with Crippen molar-refractivity contribution in [1.82, 2.24) is 9.97 Å². The Morgan fingerprint density at radius 1 is 1.67 bits per heavy atom. The molecule has 1 aromatic rings. The zero-order valence-corrected chi connectivity index (χ0v) is 10.0. The number of carbonyl (C=O) groups is 1. The van der Waals surface area contributed by atoms with Gasteiger partial charge in [0.2, 0.25) is 0 Å². The van der Waals surface area contributed by atoms with Crippen LogP contribution in [0.25, 0.3) is 0 Å². The van der Waals surface area contributed by atoms with Crippen LogP contribution in [0.3, 0.4) is 0 Å². The van der Waals surface area contributed by atoms with E-state index >= 15 is 0 Å². The van der Waals surface area contributed by atoms with Gasteiger partial charge in [0.15, 0.2) is 5.16 Å². The van der Waals surface area contributed by atoms with E-state index in [1.165, 1.54) is 11.8 Å². The summed E-state index contributed by atoms with van der Waals surface area (Å²) in [7, 11) is 0. The van der Waals surface area contributed by atoms with E-state index in [9.17, 15) is 4.79 Å². The Hall–Kier alpha value is -0.970. The molecular formula is C10H16N2O2S. The molecule has 0 bridgehead atoms. The fraction of sp³-hybridized carbons (Fsp3) is 0.600. The number of aromatic nitrogens is 2. The van der Waals surface area contributed by atoms with Crippen molar-refractivity contribution >= 4 is 17.7 Å². The normalized spacial score (nSPS) is 12.8. The third kappa shape index (κ3) is 3.58. The van der Waals surface area contributed by atoms with E-state index in [-0.39, 0.29) is 17.1 Å². The van der Waals surface area contributed by atoms with Crippen LogP contribution in [-0.2, 0) is 9.53 Å². The summed E-state index contributed by atoms with van der Waals surface area (Å²) in [5.41, 5.74) is 0. The number of rotatable bonds is 5. The summed E-state index contributed by atoms with van der Waals surface area (Å²) in [5.74, 6) is 0.0491. The fourth-order valence-electron chi connectivity index (χ4n) is 1.12. The number of imidazole rings is 1. The topological polar surface area (TPSA) is 55.0 Å². The van der Waals surface area contributed by atoms with Crippen LogP contribution in [0, 0.1) is 5.92 Å². The molecule has 0 aliphatic rings. The zero-order valence-electron chi connectivity index (χ0n) is 9.19. The van der Waals surface area contributed by atoms with Gasteiger partial charge in [0.1, 0.15) is 5.25 Å². The van der Waals surface area contributed by atoms with Crippen LogP contribution in [0.15, 0.2) is 17.6 Å². The molecule has 0 saturated heterocycles. The molecule has 1 heterocycles. The molecule has 5 heteroatoms. The van der Waals surface area contributed by atoms with Crippen molar-refractivity contribution in [2.75, 3.05) is 6.61 Å². The smallest absolute Gasteiger partial charge is 0.319 e. The number of H-pyrrole nitrogens is 1. The van der Waals surface area contributed by atoms with Crippen molar-refractivity contribution < 1.29 is 9.53 Å². The summed E-state index contributed by atoms with van der Waals surface area (Å²) < 4.78 is 5.01. The number of nitrogens with one attached hydrogen (secondary N) is 1. The van der Waals surface area contributed by atoms with Gasteiger partial charge in [0.25, 0.3) is 0 Å². The van der Waals surface area contributed by atoms with E-state index in [1.807, 2.05) is 20.8 Å². The Labute approximate surface area is 93.8 Å². The molecule has 0 aromatic carbocycles. The van der Waals surface area contributed by atoms with E-state index in [4.69, 9.17) is 4.74 Å². The minimum Gasteiger partial charge on any atom is -0.465 e. The lowest BCUT2D eigenvalue weighted by molar-refractivity contribution is -0.143.